The molecule has 1 saturated carbocycles. The maximum atomic E-state index is 6.33. The van der Waals surface area contributed by atoms with E-state index in [4.69, 9.17) is 20.1 Å². The molecule has 104 valence electrons. The van der Waals surface area contributed by atoms with Crippen molar-refractivity contribution in [2.24, 2.45) is 11.8 Å². The lowest BCUT2D eigenvalue weighted by atomic mass is 9.63. The Morgan fingerprint density at radius 1 is 1.44 bits per heavy atom. The van der Waals surface area contributed by atoms with Gasteiger partial charge in [0, 0.05) is 13.6 Å². The second-order valence-corrected chi connectivity index (χ2v) is 6.07. The van der Waals surface area contributed by atoms with Gasteiger partial charge < -0.3 is 4.90 Å². The Morgan fingerprint density at radius 3 is 2.61 bits per heavy atom. The Labute approximate surface area is 121 Å². The minimum atomic E-state index is 0.0473. The molecule has 1 nitrogen and oxygen atoms in total. The zero-order valence-corrected chi connectivity index (χ0v) is 13.7. The monoisotopic (exact) mass is 267 g/mol. The fourth-order valence-electron chi connectivity index (χ4n) is 2.77. The molecule has 0 saturated heterocycles. The molecular formula is C15H30BNS. The van der Waals surface area contributed by atoms with Gasteiger partial charge in [-0.3, -0.25) is 0 Å². The van der Waals surface area contributed by atoms with E-state index in [2.05, 4.69) is 25.8 Å². The summed E-state index contributed by atoms with van der Waals surface area (Å²) in [7, 11) is 8.38. The molecule has 0 aromatic carbocycles. The van der Waals surface area contributed by atoms with Crippen LogP contribution in [0.4, 0.5) is 0 Å². The molecule has 1 aliphatic rings. The predicted octanol–water partition coefficient (Wildman–Crippen LogP) is 4.47. The van der Waals surface area contributed by atoms with Crippen LogP contribution >= 0.6 is 12.2 Å². The maximum Gasteiger partial charge on any atom is 0.0742 e. The number of hydrogen-bond donors (Lipinski definition) is 0. The first kappa shape index (κ1) is 18.0. The van der Waals surface area contributed by atoms with Crippen molar-refractivity contribution in [2.45, 2.75) is 65.1 Å². The van der Waals surface area contributed by atoms with Crippen LogP contribution in [-0.2, 0) is 0 Å². The van der Waals surface area contributed by atoms with E-state index in [1.54, 1.807) is 5.49 Å². The molecule has 18 heavy (non-hydrogen) atoms. The lowest BCUT2D eigenvalue weighted by Gasteiger charge is -2.30. The SMILES string of the molecule is CC.[B]C1(C)CCCC(C)C(CCN(C)C=S)C1. The van der Waals surface area contributed by atoms with Gasteiger partial charge in [0.2, 0.25) is 0 Å². The van der Waals surface area contributed by atoms with Crippen LogP contribution in [0.25, 0.3) is 0 Å². The first-order valence-electron chi connectivity index (χ1n) is 7.39. The van der Waals surface area contributed by atoms with Gasteiger partial charge in [-0.25, -0.2) is 0 Å². The summed E-state index contributed by atoms with van der Waals surface area (Å²) in [5, 5.41) is 0.0473. The van der Waals surface area contributed by atoms with E-state index in [1.807, 2.05) is 13.8 Å². The smallest absolute Gasteiger partial charge is 0.0742 e. The molecule has 3 heteroatoms. The van der Waals surface area contributed by atoms with Crippen molar-refractivity contribution in [3.05, 3.63) is 0 Å². The van der Waals surface area contributed by atoms with E-state index in [0.29, 0.717) is 0 Å². The van der Waals surface area contributed by atoms with Crippen molar-refractivity contribution in [3.63, 3.8) is 0 Å². The Balaban J connectivity index is 0.00000137. The highest BCUT2D eigenvalue weighted by atomic mass is 32.1. The van der Waals surface area contributed by atoms with Gasteiger partial charge in [-0.1, -0.05) is 70.9 Å². The quantitative estimate of drug-likeness (QED) is 0.420. The second-order valence-electron chi connectivity index (χ2n) is 5.86. The van der Waals surface area contributed by atoms with Crippen molar-refractivity contribution in [1.82, 2.24) is 4.90 Å². The fraction of sp³-hybridized carbons (Fsp3) is 0.933. The van der Waals surface area contributed by atoms with Gasteiger partial charge in [-0.05, 0) is 18.3 Å². The lowest BCUT2D eigenvalue weighted by molar-refractivity contribution is 0.280. The predicted molar refractivity (Wildman–Crippen MR) is 87.5 cm³/mol. The molecule has 0 spiro atoms. The molecule has 0 amide bonds. The van der Waals surface area contributed by atoms with Gasteiger partial charge >= 0.3 is 0 Å². The average molecular weight is 267 g/mol. The zero-order valence-electron chi connectivity index (χ0n) is 12.9. The van der Waals surface area contributed by atoms with Crippen molar-refractivity contribution >= 4 is 25.6 Å². The molecule has 2 radical (unpaired) electrons. The highest BCUT2D eigenvalue weighted by Crippen LogP contribution is 2.43. The first-order valence-corrected chi connectivity index (χ1v) is 7.86. The average Bonchev–Trinajstić information content (AvgIpc) is 2.47. The van der Waals surface area contributed by atoms with Gasteiger partial charge in [0.1, 0.15) is 0 Å². The molecule has 0 aromatic rings. The molecule has 1 fully saturated rings. The Morgan fingerprint density at radius 2 is 2.06 bits per heavy atom. The van der Waals surface area contributed by atoms with E-state index >= 15 is 0 Å². The third-order valence-corrected chi connectivity index (χ3v) is 4.33. The van der Waals surface area contributed by atoms with Gasteiger partial charge in [0.05, 0.1) is 13.3 Å². The van der Waals surface area contributed by atoms with Crippen LogP contribution in [0.15, 0.2) is 0 Å². The minimum absolute atomic E-state index is 0.0473. The van der Waals surface area contributed by atoms with Crippen molar-refractivity contribution < 1.29 is 0 Å². The summed E-state index contributed by atoms with van der Waals surface area (Å²) in [6.45, 7) is 9.65. The zero-order chi connectivity index (χ0) is 14.2. The highest BCUT2D eigenvalue weighted by Gasteiger charge is 2.29. The highest BCUT2D eigenvalue weighted by molar-refractivity contribution is 7.78. The van der Waals surface area contributed by atoms with E-state index in [9.17, 15) is 0 Å². The normalized spacial score (nSPS) is 31.8. The Bertz CT molecular complexity index is 231. The van der Waals surface area contributed by atoms with Gasteiger partial charge in [0.15, 0.2) is 0 Å². The van der Waals surface area contributed by atoms with E-state index in [-0.39, 0.29) is 5.31 Å². The standard InChI is InChI=1S/C13H24BNS.C2H6/c1-11-5-4-7-13(2,14)9-12(11)6-8-15(3)10-16;1-2/h10-12H,4-9H2,1-3H3;1-2H3. The van der Waals surface area contributed by atoms with Crippen LogP contribution in [0, 0.1) is 11.8 Å². The molecule has 3 unspecified atom stereocenters. The summed E-state index contributed by atoms with van der Waals surface area (Å²) < 4.78 is 0. The van der Waals surface area contributed by atoms with Crippen molar-refractivity contribution in [2.75, 3.05) is 13.6 Å². The molecule has 0 aromatic heterocycles. The van der Waals surface area contributed by atoms with Crippen LogP contribution in [0.1, 0.15) is 59.8 Å². The summed E-state index contributed by atoms with van der Waals surface area (Å²) in [5.41, 5.74) is 1.74. The topological polar surface area (TPSA) is 3.24 Å². The molecule has 0 aliphatic heterocycles. The van der Waals surface area contributed by atoms with Crippen LogP contribution in [-0.4, -0.2) is 31.8 Å². The van der Waals surface area contributed by atoms with Gasteiger partial charge in [0.25, 0.3) is 0 Å². The van der Waals surface area contributed by atoms with Crippen LogP contribution in [0.2, 0.25) is 5.31 Å². The van der Waals surface area contributed by atoms with Crippen LogP contribution < -0.4 is 0 Å². The molecule has 1 aliphatic carbocycles. The van der Waals surface area contributed by atoms with E-state index in [0.717, 1.165) is 18.4 Å². The van der Waals surface area contributed by atoms with Gasteiger partial charge in [-0.2, -0.15) is 0 Å². The third kappa shape index (κ3) is 6.77. The fourth-order valence-corrected chi connectivity index (χ4v) is 2.88. The molecular weight excluding hydrogens is 237 g/mol. The summed E-state index contributed by atoms with van der Waals surface area (Å²) in [4.78, 5) is 2.10. The van der Waals surface area contributed by atoms with Crippen molar-refractivity contribution in [3.8, 4) is 0 Å². The molecule has 0 bridgehead atoms. The minimum Gasteiger partial charge on any atom is -0.372 e. The van der Waals surface area contributed by atoms with Crippen molar-refractivity contribution in [1.29, 1.82) is 0 Å². The number of nitrogens with zero attached hydrogens (tertiary/aromatic N) is 1. The summed E-state index contributed by atoms with van der Waals surface area (Å²) in [6, 6.07) is 0. The third-order valence-electron chi connectivity index (χ3n) is 3.97. The summed E-state index contributed by atoms with van der Waals surface area (Å²) in [5.74, 6) is 1.57. The summed E-state index contributed by atoms with van der Waals surface area (Å²) >= 11 is 4.92. The molecule has 0 N–H and O–H groups in total. The number of rotatable bonds is 4. The van der Waals surface area contributed by atoms with E-state index in [1.165, 1.54) is 32.1 Å². The largest absolute Gasteiger partial charge is 0.372 e. The Kier molecular flexibility index (Phi) is 8.93. The maximum absolute atomic E-state index is 6.33. The van der Waals surface area contributed by atoms with Crippen LogP contribution in [0.5, 0.6) is 0 Å². The Hall–Kier alpha value is -0.0451. The summed E-state index contributed by atoms with van der Waals surface area (Å²) in [6.07, 6.45) is 6.18. The first-order chi connectivity index (χ1) is 8.44. The van der Waals surface area contributed by atoms with E-state index < -0.39 is 0 Å². The molecule has 0 heterocycles. The molecule has 1 rings (SSSR count). The van der Waals surface area contributed by atoms with Gasteiger partial charge in [-0.15, -0.1) is 0 Å². The molecule has 3 atom stereocenters. The lowest BCUT2D eigenvalue weighted by Crippen LogP contribution is -2.23. The number of thiocarbonyl (C=S) groups is 1. The second kappa shape index (κ2) is 8.95. The van der Waals surface area contributed by atoms with Crippen LogP contribution in [0.3, 0.4) is 0 Å². The number of hydrogen-bond acceptors (Lipinski definition) is 1.